The average molecular weight is 988 g/mol. The van der Waals surface area contributed by atoms with Crippen LogP contribution in [0.3, 0.4) is 0 Å². The number of carbonyl (C=O) groups excluding carboxylic acids is 2. The van der Waals surface area contributed by atoms with E-state index in [4.69, 9.17) is 9.47 Å². The van der Waals surface area contributed by atoms with Crippen molar-refractivity contribution in [2.75, 3.05) is 14.2 Å². The van der Waals surface area contributed by atoms with Gasteiger partial charge in [0.1, 0.15) is 0 Å². The molecule has 6 rings (SSSR count). The van der Waals surface area contributed by atoms with Crippen LogP contribution in [0.5, 0.6) is 11.8 Å². The summed E-state index contributed by atoms with van der Waals surface area (Å²) in [5.41, 5.74) is 12.0. The van der Waals surface area contributed by atoms with Gasteiger partial charge in [0, 0.05) is 22.3 Å². The predicted octanol–water partition coefficient (Wildman–Crippen LogP) is 11.2. The summed E-state index contributed by atoms with van der Waals surface area (Å²) >= 11 is 11.0. The fourth-order valence-electron chi connectivity index (χ4n) is 6.49. The Morgan fingerprint density at radius 2 is 1.16 bits per heavy atom. The zero-order valence-electron chi connectivity index (χ0n) is 33.2. The number of aliphatic imine (C=N–C) groups is 2. The SMILES string of the molecule is COc1nc(-c2ccccc2)ccc1C(=O)C=Nc1c(C)cc(C)cc1C.COc1nc(Br)c(Br)c(C(=O)C=Nc2c(C)cc(C)cc2C)c1-c1cccc[c]1[Fe].[Co]. The number of aromatic nitrogens is 2. The summed E-state index contributed by atoms with van der Waals surface area (Å²) in [6.45, 7) is 12.1. The fourth-order valence-corrected chi connectivity index (χ4v) is 7.66. The molecule has 0 unspecified atom stereocenters. The van der Waals surface area contributed by atoms with E-state index in [1.165, 1.54) is 32.2 Å². The van der Waals surface area contributed by atoms with Crippen molar-refractivity contribution in [3.8, 4) is 34.1 Å². The Hall–Kier alpha value is -4.55. The van der Waals surface area contributed by atoms with Crippen molar-refractivity contribution < 1.29 is 51.9 Å². The van der Waals surface area contributed by atoms with E-state index < -0.39 is 0 Å². The Kier molecular flexibility index (Phi) is 16.6. The Labute approximate surface area is 375 Å². The van der Waals surface area contributed by atoms with Gasteiger partial charge in [0.15, 0.2) is 0 Å². The molecule has 0 saturated carbocycles. The molecular formula is C46H41Br2CoFeN4O4. The molecule has 0 bridgehead atoms. The van der Waals surface area contributed by atoms with Crippen LogP contribution in [-0.4, -0.2) is 48.2 Å². The normalized spacial score (nSPS) is 10.9. The molecule has 2 heterocycles. The molecule has 0 atom stereocenters. The molecule has 0 saturated heterocycles. The average Bonchev–Trinajstić information content (AvgIpc) is 3.18. The first kappa shape index (κ1) is 46.1. The number of rotatable bonds is 10. The van der Waals surface area contributed by atoms with E-state index in [0.29, 0.717) is 37.5 Å². The molecule has 0 aliphatic rings. The van der Waals surface area contributed by atoms with E-state index in [9.17, 15) is 9.59 Å². The zero-order valence-corrected chi connectivity index (χ0v) is 38.5. The van der Waals surface area contributed by atoms with Gasteiger partial charge in [-0.05, 0) is 44.0 Å². The number of Topliss-reactive ketones (excluding diaryl/α,β-unsaturated/α-hetero) is 2. The van der Waals surface area contributed by atoms with Crippen molar-refractivity contribution in [3.05, 3.63) is 145 Å². The predicted molar refractivity (Wildman–Crippen MR) is 234 cm³/mol. The van der Waals surface area contributed by atoms with Crippen LogP contribution >= 0.6 is 31.9 Å². The van der Waals surface area contributed by atoms with Crippen LogP contribution in [-0.2, 0) is 32.8 Å². The molecule has 0 spiro atoms. The summed E-state index contributed by atoms with van der Waals surface area (Å²) in [6.07, 6.45) is 2.69. The minimum atomic E-state index is -0.263. The van der Waals surface area contributed by atoms with Crippen LogP contribution in [0, 0.1) is 41.5 Å². The summed E-state index contributed by atoms with van der Waals surface area (Å²) in [5, 5.41) is 0. The number of ether oxygens (including phenoxy) is 2. The maximum Gasteiger partial charge on any atom is 0 e. The Bertz CT molecular complexity index is 2500. The number of halogens is 2. The molecule has 12 heteroatoms. The second-order valence-electron chi connectivity index (χ2n) is 13.3. The molecule has 0 N–H and O–H groups in total. The van der Waals surface area contributed by atoms with Crippen LogP contribution in [0.2, 0.25) is 0 Å². The quantitative estimate of drug-likeness (QED) is 0.0586. The topological polar surface area (TPSA) is 103 Å². The molecule has 4 aromatic carbocycles. The minimum absolute atomic E-state index is 0. The van der Waals surface area contributed by atoms with Crippen LogP contribution in [0.4, 0.5) is 11.4 Å². The second-order valence-corrected chi connectivity index (χ2v) is 15.4. The van der Waals surface area contributed by atoms with Crippen LogP contribution in [0.15, 0.2) is 110 Å². The van der Waals surface area contributed by atoms with Crippen molar-refractivity contribution in [1.82, 2.24) is 9.97 Å². The van der Waals surface area contributed by atoms with Gasteiger partial charge in [-0.15, -0.1) is 0 Å². The van der Waals surface area contributed by atoms with Gasteiger partial charge >= 0.3 is 202 Å². The van der Waals surface area contributed by atoms with E-state index >= 15 is 0 Å². The number of pyridine rings is 2. The van der Waals surface area contributed by atoms with E-state index in [1.54, 1.807) is 6.07 Å². The van der Waals surface area contributed by atoms with Crippen molar-refractivity contribution in [2.45, 2.75) is 41.5 Å². The maximum atomic E-state index is 13.4. The number of ketones is 2. The second kappa shape index (κ2) is 20.9. The number of benzene rings is 4. The summed E-state index contributed by atoms with van der Waals surface area (Å²) < 4.78 is 12.6. The molecule has 0 amide bonds. The maximum absolute atomic E-state index is 13.4. The number of methoxy groups -OCH3 is 2. The largest absolute Gasteiger partial charge is 0 e. The first-order valence-electron chi connectivity index (χ1n) is 17.8. The standard InChI is InChI=1S/C23H19Br2N2O2.C23H22N2O2.Co.Fe/c1-13-10-14(2)21(15(3)11-13)26-12-17(28)19-18(16-8-6-5-7-9-16)23(29-4)27-22(25)20(19)24;1-15-12-16(2)22(17(3)13-15)24-14-21(26)19-10-11-20(25-23(19)27-4)18-8-6-5-7-9-18;;/h5-8,10-12H,1-4H3;5-14H,1-4H3;;. The Morgan fingerprint density at radius 1 is 0.655 bits per heavy atom. The molecule has 58 heavy (non-hydrogen) atoms. The molecule has 6 aromatic rings. The van der Waals surface area contributed by atoms with E-state index in [2.05, 4.69) is 92.1 Å². The van der Waals surface area contributed by atoms with Crippen molar-refractivity contribution >= 4 is 71.7 Å². The van der Waals surface area contributed by atoms with Gasteiger partial charge < -0.3 is 4.74 Å². The molecule has 0 aliphatic carbocycles. The fraction of sp³-hybridized carbons (Fsp3) is 0.174. The van der Waals surface area contributed by atoms with Gasteiger partial charge in [-0.3, -0.25) is 9.79 Å². The van der Waals surface area contributed by atoms with Crippen LogP contribution in [0.25, 0.3) is 22.4 Å². The Morgan fingerprint density at radius 3 is 1.67 bits per heavy atom. The third-order valence-electron chi connectivity index (χ3n) is 8.92. The number of aryl methyl sites for hydroxylation is 6. The molecule has 0 aliphatic heterocycles. The van der Waals surface area contributed by atoms with E-state index in [1.807, 2.05) is 102 Å². The monoisotopic (exact) mass is 986 g/mol. The van der Waals surface area contributed by atoms with Crippen molar-refractivity contribution in [2.24, 2.45) is 9.98 Å². The molecule has 8 nitrogen and oxygen atoms in total. The number of hydrogen-bond acceptors (Lipinski definition) is 8. The molecular weight excluding hydrogens is 947 g/mol. The van der Waals surface area contributed by atoms with E-state index in [0.717, 1.165) is 60.5 Å². The first-order valence-corrected chi connectivity index (χ1v) is 20.0. The molecule has 0 fully saturated rings. The third-order valence-corrected chi connectivity index (χ3v) is 11.3. The summed E-state index contributed by atoms with van der Waals surface area (Å²) in [7, 11) is 3.04. The summed E-state index contributed by atoms with van der Waals surface area (Å²) in [5.74, 6) is 0.130. The summed E-state index contributed by atoms with van der Waals surface area (Å²) in [6, 6.07) is 29.1. The molecule has 300 valence electrons. The molecule has 1 radical (unpaired) electrons. The van der Waals surface area contributed by atoms with Crippen LogP contribution in [0.1, 0.15) is 54.1 Å². The number of nitrogens with zero attached hydrogens (tertiary/aromatic N) is 4. The smallest absolute Gasteiger partial charge is 0 e. The van der Waals surface area contributed by atoms with Crippen molar-refractivity contribution in [1.29, 1.82) is 0 Å². The first-order chi connectivity index (χ1) is 27.2. The van der Waals surface area contributed by atoms with Gasteiger partial charge in [-0.25, -0.2) is 4.98 Å². The van der Waals surface area contributed by atoms with Gasteiger partial charge in [-0.1, -0.05) is 48.0 Å². The molecule has 2 aromatic heterocycles. The number of hydrogen-bond donors (Lipinski definition) is 0. The van der Waals surface area contributed by atoms with Gasteiger partial charge in [0.05, 0.1) is 30.3 Å². The number of carbonyl (C=O) groups is 2. The van der Waals surface area contributed by atoms with E-state index in [-0.39, 0.29) is 28.3 Å². The van der Waals surface area contributed by atoms with Gasteiger partial charge in [0.25, 0.3) is 0 Å². The minimum Gasteiger partial charge on any atom is 0 e. The van der Waals surface area contributed by atoms with Gasteiger partial charge in [-0.2, -0.15) is 0 Å². The summed E-state index contributed by atoms with van der Waals surface area (Å²) in [4.78, 5) is 43.9. The Balaban J connectivity index is 0.000000254. The van der Waals surface area contributed by atoms with Crippen LogP contribution < -0.4 is 13.9 Å². The zero-order chi connectivity index (χ0) is 41.4. The van der Waals surface area contributed by atoms with Crippen molar-refractivity contribution in [3.63, 3.8) is 0 Å². The third kappa shape index (κ3) is 10.9. The van der Waals surface area contributed by atoms with Gasteiger partial charge in [0.2, 0.25) is 11.7 Å².